The van der Waals surface area contributed by atoms with Gasteiger partial charge >= 0.3 is 0 Å². The van der Waals surface area contributed by atoms with Gasteiger partial charge in [-0.2, -0.15) is 0 Å². The fraction of sp³-hybridized carbons (Fsp3) is 0.933. The number of aliphatic hydroxyl groups excluding tert-OH is 8. The van der Waals surface area contributed by atoms with Crippen molar-refractivity contribution in [1.29, 1.82) is 0 Å². The predicted molar refractivity (Wildman–Crippen MR) is 157 cm³/mol. The molecule has 2 aliphatic heterocycles. The second-order valence-corrected chi connectivity index (χ2v) is 11.7. The number of hydrogen-bond donors (Lipinski definition) is 9. The monoisotopic (exact) mass is 623 g/mol. The van der Waals surface area contributed by atoms with E-state index in [1.807, 2.05) is 6.08 Å². The van der Waals surface area contributed by atoms with Crippen molar-refractivity contribution in [2.24, 2.45) is 5.73 Å². The van der Waals surface area contributed by atoms with Gasteiger partial charge in [-0.05, 0) is 12.8 Å². The molecule has 2 heterocycles. The van der Waals surface area contributed by atoms with Crippen molar-refractivity contribution in [3.63, 3.8) is 0 Å². The van der Waals surface area contributed by atoms with E-state index >= 15 is 0 Å². The van der Waals surface area contributed by atoms with Crippen molar-refractivity contribution in [1.82, 2.24) is 0 Å². The third-order valence-corrected chi connectivity index (χ3v) is 8.16. The molecule has 2 saturated heterocycles. The minimum Gasteiger partial charge on any atom is -0.394 e. The number of allylic oxidation sites excluding steroid dienone is 1. The molecule has 6 unspecified atom stereocenters. The van der Waals surface area contributed by atoms with Crippen LogP contribution in [0.4, 0.5) is 0 Å². The molecule has 2 fully saturated rings. The number of nitrogens with two attached hydrogens (primary N) is 1. The summed E-state index contributed by atoms with van der Waals surface area (Å²) < 4.78 is 21.9. The highest BCUT2D eigenvalue weighted by Crippen LogP contribution is 2.29. The van der Waals surface area contributed by atoms with Crippen molar-refractivity contribution in [2.45, 2.75) is 158 Å². The molecule has 2 aliphatic rings. The quantitative estimate of drug-likeness (QED) is 0.0585. The Bertz CT molecular complexity index is 744. The smallest absolute Gasteiger partial charge is 0.187 e. The molecule has 0 aliphatic carbocycles. The number of unbranched alkanes of at least 4 members (excludes halogenated alkanes) is 11. The van der Waals surface area contributed by atoms with Crippen molar-refractivity contribution in [3.8, 4) is 0 Å². The maximum absolute atomic E-state index is 10.7. The molecule has 0 amide bonds. The summed E-state index contributed by atoms with van der Waals surface area (Å²) in [5, 5.41) is 81.0. The topological polar surface area (TPSA) is 225 Å². The van der Waals surface area contributed by atoms with E-state index in [9.17, 15) is 40.9 Å². The van der Waals surface area contributed by atoms with E-state index in [-0.39, 0.29) is 6.61 Å². The number of aliphatic hydroxyl groups is 8. The lowest BCUT2D eigenvalue weighted by Gasteiger charge is -2.46. The summed E-state index contributed by atoms with van der Waals surface area (Å²) in [5.74, 6) is 0. The molecule has 13 heteroatoms. The molecular formula is C30H57NO12. The van der Waals surface area contributed by atoms with Gasteiger partial charge in [-0.3, -0.25) is 0 Å². The van der Waals surface area contributed by atoms with E-state index in [1.165, 1.54) is 57.8 Å². The molecule has 43 heavy (non-hydrogen) atoms. The van der Waals surface area contributed by atoms with E-state index in [0.29, 0.717) is 0 Å². The maximum Gasteiger partial charge on any atom is 0.187 e. The highest BCUT2D eigenvalue weighted by Gasteiger charge is 2.50. The molecular weight excluding hydrogens is 566 g/mol. The Hall–Kier alpha value is -0.780. The van der Waals surface area contributed by atoms with E-state index in [2.05, 4.69) is 6.92 Å². The molecule has 10 N–H and O–H groups in total. The van der Waals surface area contributed by atoms with Crippen LogP contribution in [0.2, 0.25) is 0 Å². The zero-order valence-electron chi connectivity index (χ0n) is 25.5. The van der Waals surface area contributed by atoms with Gasteiger partial charge < -0.3 is 65.5 Å². The second-order valence-electron chi connectivity index (χ2n) is 11.7. The Kier molecular flexibility index (Phi) is 18.8. The Balaban J connectivity index is 1.70. The van der Waals surface area contributed by atoms with Crippen LogP contribution in [0.3, 0.4) is 0 Å². The van der Waals surface area contributed by atoms with Crippen molar-refractivity contribution >= 4 is 0 Å². The van der Waals surface area contributed by atoms with E-state index < -0.39 is 86.8 Å². The van der Waals surface area contributed by atoms with Gasteiger partial charge in [-0.15, -0.1) is 0 Å². The van der Waals surface area contributed by atoms with Gasteiger partial charge in [-0.1, -0.05) is 83.3 Å². The van der Waals surface area contributed by atoms with E-state index in [4.69, 9.17) is 24.7 Å². The summed E-state index contributed by atoms with van der Waals surface area (Å²) in [5.41, 5.74) is 6.04. The predicted octanol–water partition coefficient (Wildman–Crippen LogP) is -0.427. The van der Waals surface area contributed by atoms with Crippen LogP contribution in [0.1, 0.15) is 84.0 Å². The fourth-order valence-corrected chi connectivity index (χ4v) is 5.30. The lowest BCUT2D eigenvalue weighted by atomic mass is 9.97. The highest BCUT2D eigenvalue weighted by molar-refractivity contribution is 4.96. The Morgan fingerprint density at radius 2 is 1.23 bits per heavy atom. The molecule has 0 saturated carbocycles. The fourth-order valence-electron chi connectivity index (χ4n) is 5.30. The summed E-state index contributed by atoms with van der Waals surface area (Å²) in [6, 6.07) is -0.850. The van der Waals surface area contributed by atoms with Crippen molar-refractivity contribution in [2.75, 3.05) is 19.8 Å². The van der Waals surface area contributed by atoms with E-state index in [1.54, 1.807) is 6.08 Å². The molecule has 2 rings (SSSR count). The van der Waals surface area contributed by atoms with Crippen LogP contribution in [0, 0.1) is 0 Å². The van der Waals surface area contributed by atoms with Crippen LogP contribution in [-0.2, 0) is 18.9 Å². The first-order valence-corrected chi connectivity index (χ1v) is 16.0. The second kappa shape index (κ2) is 21.1. The molecule has 254 valence electrons. The highest BCUT2D eigenvalue weighted by atomic mass is 16.7. The van der Waals surface area contributed by atoms with Gasteiger partial charge in [0, 0.05) is 0 Å². The normalized spacial score (nSPS) is 34.9. The largest absolute Gasteiger partial charge is 0.394 e. The number of rotatable bonds is 21. The zero-order valence-corrected chi connectivity index (χ0v) is 25.5. The third kappa shape index (κ3) is 12.5. The minimum atomic E-state index is -1.75. The van der Waals surface area contributed by atoms with Crippen LogP contribution in [-0.4, -0.2) is 134 Å². The lowest BCUT2D eigenvalue weighted by molar-refractivity contribution is -0.359. The van der Waals surface area contributed by atoms with Crippen LogP contribution in [0.15, 0.2) is 12.2 Å². The van der Waals surface area contributed by atoms with Gasteiger partial charge in [0.1, 0.15) is 48.8 Å². The zero-order chi connectivity index (χ0) is 31.8. The summed E-state index contributed by atoms with van der Waals surface area (Å²) in [4.78, 5) is 0. The first kappa shape index (κ1) is 38.4. The summed E-state index contributed by atoms with van der Waals surface area (Å²) >= 11 is 0. The molecule has 0 radical (unpaired) electrons. The molecule has 0 bridgehead atoms. The molecule has 0 aromatic rings. The summed E-state index contributed by atoms with van der Waals surface area (Å²) in [6.07, 6.45) is 1.80. The average molecular weight is 624 g/mol. The number of hydrogen-bond acceptors (Lipinski definition) is 13. The average Bonchev–Trinajstić information content (AvgIpc) is 3.01. The Labute approximate surface area is 255 Å². The van der Waals surface area contributed by atoms with Crippen molar-refractivity contribution in [3.05, 3.63) is 12.2 Å². The van der Waals surface area contributed by atoms with Crippen molar-refractivity contribution < 1.29 is 59.8 Å². The molecule has 12 atom stereocenters. The minimum absolute atomic E-state index is 0.227. The van der Waals surface area contributed by atoms with Crippen LogP contribution in [0.25, 0.3) is 0 Å². The van der Waals surface area contributed by atoms with Crippen LogP contribution < -0.4 is 5.73 Å². The number of ether oxygens (including phenoxy) is 4. The first-order valence-electron chi connectivity index (χ1n) is 16.0. The summed E-state index contributed by atoms with van der Waals surface area (Å²) in [6.45, 7) is 0.641. The Morgan fingerprint density at radius 3 is 1.81 bits per heavy atom. The lowest BCUT2D eigenvalue weighted by Crippen LogP contribution is -2.64. The maximum atomic E-state index is 10.7. The van der Waals surface area contributed by atoms with E-state index in [0.717, 1.165) is 19.3 Å². The molecule has 0 aromatic heterocycles. The standard InChI is InChI=1S/C30H57NO12/c1-2-3-4-5-6-7-8-9-10-11-12-13-14-15-20(34)19(31)18-40-29-27(39)25(37)28(22(17-33)42-29)43-30-26(38)24(36)23(35)21(16-32)41-30/h14-15,19-30,32-39H,2-13,16-18,31H2,1H3/b15-14+/t19-,20-,21?,22?,23+,24?,25?,26?,27?,28-,29-,30+/m1/s1. The van der Waals surface area contributed by atoms with Gasteiger partial charge in [-0.25, -0.2) is 0 Å². The van der Waals surface area contributed by atoms with Gasteiger partial charge in [0.05, 0.1) is 32.0 Å². The molecule has 13 nitrogen and oxygen atoms in total. The Morgan fingerprint density at radius 1 is 0.698 bits per heavy atom. The van der Waals surface area contributed by atoms with Gasteiger partial charge in [0.25, 0.3) is 0 Å². The van der Waals surface area contributed by atoms with Crippen LogP contribution >= 0.6 is 0 Å². The van der Waals surface area contributed by atoms with Crippen LogP contribution in [0.5, 0.6) is 0 Å². The van der Waals surface area contributed by atoms with Gasteiger partial charge in [0.15, 0.2) is 12.6 Å². The SMILES string of the molecule is CCCCCCCCCCCCC/C=C/[C@@H](O)[C@H](N)CO[C@@H]1OC(CO)[C@@H](O[C@@H]2OC(CO)[C@H](O)C(O)C2O)C(O)C1O. The molecule has 0 aromatic carbocycles. The third-order valence-electron chi connectivity index (χ3n) is 8.16. The molecule has 0 spiro atoms. The summed E-state index contributed by atoms with van der Waals surface area (Å²) in [7, 11) is 0. The first-order chi connectivity index (χ1) is 20.7. The van der Waals surface area contributed by atoms with Gasteiger partial charge in [0.2, 0.25) is 0 Å².